The summed E-state index contributed by atoms with van der Waals surface area (Å²) >= 11 is 3.29. The Morgan fingerprint density at radius 1 is 1.23 bits per heavy atom. The van der Waals surface area contributed by atoms with E-state index >= 15 is 0 Å². The van der Waals surface area contributed by atoms with E-state index in [1.165, 1.54) is 16.2 Å². The van der Waals surface area contributed by atoms with E-state index in [2.05, 4.69) is 17.1 Å². The molecule has 1 heterocycles. The van der Waals surface area contributed by atoms with Gasteiger partial charge in [0, 0.05) is 18.4 Å². The van der Waals surface area contributed by atoms with Crippen molar-refractivity contribution in [1.82, 2.24) is 4.57 Å². The van der Waals surface area contributed by atoms with Crippen molar-refractivity contribution in [2.45, 2.75) is 24.7 Å². The van der Waals surface area contributed by atoms with Crippen LogP contribution < -0.4 is 9.54 Å². The van der Waals surface area contributed by atoms with Gasteiger partial charge in [0.05, 0.1) is 16.8 Å². The van der Waals surface area contributed by atoms with Crippen LogP contribution in [0.2, 0.25) is 0 Å². The van der Waals surface area contributed by atoms with Crippen molar-refractivity contribution in [3.63, 3.8) is 0 Å². The first-order valence-corrected chi connectivity index (χ1v) is 10.5. The summed E-state index contributed by atoms with van der Waals surface area (Å²) in [4.78, 5) is 18.5. The third-order valence-electron chi connectivity index (χ3n) is 3.86. The largest absolute Gasteiger partial charge is 0.494 e. The molecular weight excluding hydrogens is 364 g/mol. The zero-order valence-electron chi connectivity index (χ0n) is 15.0. The molecule has 0 atom stereocenters. The number of fused-ring (bicyclic) bond motifs is 1. The van der Waals surface area contributed by atoms with E-state index in [0.717, 1.165) is 32.9 Å². The lowest BCUT2D eigenvalue weighted by atomic mass is 10.3. The molecule has 26 heavy (non-hydrogen) atoms. The van der Waals surface area contributed by atoms with Gasteiger partial charge in [0.1, 0.15) is 5.75 Å². The second-order valence-electron chi connectivity index (χ2n) is 5.78. The molecule has 0 saturated carbocycles. The first kappa shape index (κ1) is 18.7. The normalized spacial score (nSPS) is 11.8. The standard InChI is InChI=1S/C20H22N2O2S2/c1-3-24-15-11-12-17-18(14-15)26-20(22(17)2)21-19(23)10-7-13-25-16-8-5-4-6-9-16/h4-6,8-9,11-12,14H,3,7,10,13H2,1-2H3. The van der Waals surface area contributed by atoms with Gasteiger partial charge in [0.2, 0.25) is 5.91 Å². The molecule has 0 unspecified atom stereocenters. The van der Waals surface area contributed by atoms with Gasteiger partial charge in [-0.1, -0.05) is 29.5 Å². The van der Waals surface area contributed by atoms with E-state index in [0.29, 0.717) is 13.0 Å². The number of rotatable bonds is 7. The topological polar surface area (TPSA) is 43.6 Å². The molecular formula is C20H22N2O2S2. The molecule has 0 N–H and O–H groups in total. The molecule has 2 aromatic carbocycles. The Balaban J connectivity index is 1.63. The Hall–Kier alpha value is -2.05. The molecule has 0 bridgehead atoms. The summed E-state index contributed by atoms with van der Waals surface area (Å²) in [5.74, 6) is 1.70. The molecule has 0 radical (unpaired) electrons. The first-order chi connectivity index (χ1) is 12.7. The van der Waals surface area contributed by atoms with Crippen molar-refractivity contribution in [2.24, 2.45) is 12.0 Å². The Kier molecular flexibility index (Phi) is 6.52. The van der Waals surface area contributed by atoms with Gasteiger partial charge in [-0.25, -0.2) is 0 Å². The first-order valence-electron chi connectivity index (χ1n) is 8.65. The van der Waals surface area contributed by atoms with Crippen LogP contribution >= 0.6 is 23.1 Å². The number of ether oxygens (including phenoxy) is 1. The van der Waals surface area contributed by atoms with E-state index in [4.69, 9.17) is 4.74 Å². The van der Waals surface area contributed by atoms with E-state index in [-0.39, 0.29) is 5.91 Å². The number of amides is 1. The van der Waals surface area contributed by atoms with Crippen LogP contribution in [0, 0.1) is 0 Å². The third kappa shape index (κ3) is 4.77. The molecule has 136 valence electrons. The highest BCUT2D eigenvalue weighted by molar-refractivity contribution is 7.99. The fraction of sp³-hybridized carbons (Fsp3) is 0.300. The molecule has 0 aliphatic carbocycles. The molecule has 0 spiro atoms. The van der Waals surface area contributed by atoms with Gasteiger partial charge in [0.25, 0.3) is 0 Å². The minimum Gasteiger partial charge on any atom is -0.494 e. The summed E-state index contributed by atoms with van der Waals surface area (Å²) in [6, 6.07) is 16.2. The SMILES string of the molecule is CCOc1ccc2c(c1)sc(=NC(=O)CCCSc1ccccc1)n2C. The van der Waals surface area contributed by atoms with Crippen molar-refractivity contribution in [3.05, 3.63) is 53.3 Å². The van der Waals surface area contributed by atoms with E-state index < -0.39 is 0 Å². The van der Waals surface area contributed by atoms with Crippen LogP contribution in [0.4, 0.5) is 0 Å². The lowest BCUT2D eigenvalue weighted by molar-refractivity contribution is -0.118. The van der Waals surface area contributed by atoms with Gasteiger partial charge in [-0.3, -0.25) is 4.79 Å². The quantitative estimate of drug-likeness (QED) is 0.439. The Labute approximate surface area is 161 Å². The molecule has 0 aliphatic heterocycles. The van der Waals surface area contributed by atoms with E-state index in [9.17, 15) is 4.79 Å². The smallest absolute Gasteiger partial charge is 0.248 e. The van der Waals surface area contributed by atoms with Gasteiger partial charge in [-0.2, -0.15) is 4.99 Å². The average molecular weight is 387 g/mol. The molecule has 1 amide bonds. The number of aryl methyl sites for hydroxylation is 1. The summed E-state index contributed by atoms with van der Waals surface area (Å²) in [6.07, 6.45) is 1.29. The van der Waals surface area contributed by atoms with Crippen molar-refractivity contribution in [2.75, 3.05) is 12.4 Å². The summed E-state index contributed by atoms with van der Waals surface area (Å²) in [7, 11) is 1.94. The lowest BCUT2D eigenvalue weighted by Gasteiger charge is -2.02. The van der Waals surface area contributed by atoms with Gasteiger partial charge < -0.3 is 9.30 Å². The molecule has 0 saturated heterocycles. The summed E-state index contributed by atoms with van der Waals surface area (Å²) in [6.45, 7) is 2.61. The number of carbonyl (C=O) groups excluding carboxylic acids is 1. The molecule has 3 rings (SSSR count). The second kappa shape index (κ2) is 9.05. The molecule has 3 aromatic rings. The highest BCUT2D eigenvalue weighted by Gasteiger charge is 2.07. The van der Waals surface area contributed by atoms with Crippen LogP contribution in [-0.2, 0) is 11.8 Å². The second-order valence-corrected chi connectivity index (χ2v) is 7.95. The van der Waals surface area contributed by atoms with Crippen molar-refractivity contribution >= 4 is 39.2 Å². The van der Waals surface area contributed by atoms with E-state index in [1.807, 2.05) is 54.9 Å². The summed E-state index contributed by atoms with van der Waals surface area (Å²) in [5.41, 5.74) is 1.06. The number of thiazole rings is 1. The van der Waals surface area contributed by atoms with Crippen LogP contribution in [0.25, 0.3) is 10.2 Å². The van der Waals surface area contributed by atoms with E-state index in [1.54, 1.807) is 11.8 Å². The third-order valence-corrected chi connectivity index (χ3v) is 6.05. The predicted molar refractivity (Wildman–Crippen MR) is 109 cm³/mol. The Morgan fingerprint density at radius 2 is 2.04 bits per heavy atom. The minimum atomic E-state index is -0.0640. The van der Waals surface area contributed by atoms with Crippen LogP contribution in [-0.4, -0.2) is 22.8 Å². The zero-order valence-corrected chi connectivity index (χ0v) is 16.6. The Bertz CT molecular complexity index is 945. The van der Waals surface area contributed by atoms with Crippen molar-refractivity contribution in [1.29, 1.82) is 0 Å². The fourth-order valence-corrected chi connectivity index (χ4v) is 4.51. The summed E-state index contributed by atoms with van der Waals surface area (Å²) < 4.78 is 8.58. The summed E-state index contributed by atoms with van der Waals surface area (Å²) in [5, 5.41) is 0. The highest BCUT2D eigenvalue weighted by atomic mass is 32.2. The lowest BCUT2D eigenvalue weighted by Crippen LogP contribution is -2.13. The predicted octanol–water partition coefficient (Wildman–Crippen LogP) is 4.64. The maximum absolute atomic E-state index is 12.2. The number of nitrogens with zero attached hydrogens (tertiary/aromatic N) is 2. The average Bonchev–Trinajstić information content (AvgIpc) is 2.95. The molecule has 0 fully saturated rings. The van der Waals surface area contributed by atoms with Crippen LogP contribution in [0.5, 0.6) is 5.75 Å². The maximum Gasteiger partial charge on any atom is 0.248 e. The van der Waals surface area contributed by atoms with Gasteiger partial charge >= 0.3 is 0 Å². The van der Waals surface area contributed by atoms with Crippen molar-refractivity contribution in [3.8, 4) is 5.75 Å². The monoisotopic (exact) mass is 386 g/mol. The van der Waals surface area contributed by atoms with Crippen LogP contribution in [0.1, 0.15) is 19.8 Å². The number of carbonyl (C=O) groups is 1. The van der Waals surface area contributed by atoms with Crippen LogP contribution in [0.15, 0.2) is 58.4 Å². The molecule has 4 nitrogen and oxygen atoms in total. The fourth-order valence-electron chi connectivity index (χ4n) is 2.57. The van der Waals surface area contributed by atoms with Gasteiger partial charge in [0.15, 0.2) is 4.80 Å². The maximum atomic E-state index is 12.2. The van der Waals surface area contributed by atoms with Gasteiger partial charge in [-0.15, -0.1) is 11.8 Å². The number of aromatic nitrogens is 1. The molecule has 6 heteroatoms. The van der Waals surface area contributed by atoms with Crippen LogP contribution in [0.3, 0.4) is 0 Å². The van der Waals surface area contributed by atoms with Crippen molar-refractivity contribution < 1.29 is 9.53 Å². The number of benzene rings is 2. The Morgan fingerprint density at radius 3 is 2.81 bits per heavy atom. The number of hydrogen-bond acceptors (Lipinski definition) is 4. The molecule has 1 aromatic heterocycles. The number of hydrogen-bond donors (Lipinski definition) is 0. The molecule has 0 aliphatic rings. The zero-order chi connectivity index (χ0) is 18.4. The highest BCUT2D eigenvalue weighted by Crippen LogP contribution is 2.23. The number of thioether (sulfide) groups is 1. The van der Waals surface area contributed by atoms with Gasteiger partial charge in [-0.05, 0) is 49.4 Å². The minimum absolute atomic E-state index is 0.0640.